The quantitative estimate of drug-likeness (QED) is 0.508. The van der Waals surface area contributed by atoms with E-state index in [4.69, 9.17) is 0 Å². The third kappa shape index (κ3) is 5.53. The lowest BCUT2D eigenvalue weighted by Crippen LogP contribution is -2.41. The Bertz CT molecular complexity index is 103. The van der Waals surface area contributed by atoms with Crippen LogP contribution in [0.25, 0.3) is 0 Å². The second-order valence-corrected chi connectivity index (χ2v) is 2.21. The number of carbonyl (C=O) groups excluding carboxylic acids is 1. The van der Waals surface area contributed by atoms with Gasteiger partial charge < -0.3 is 5.32 Å². The average molecular weight is 145 g/mol. The van der Waals surface area contributed by atoms with Crippen LogP contribution >= 0.6 is 0 Å². The highest BCUT2D eigenvalue weighted by molar-refractivity contribution is 5.77. The van der Waals surface area contributed by atoms with Gasteiger partial charge in [-0.15, -0.1) is 0 Å². The topological polar surface area (TPSA) is 44.4 Å². The zero-order chi connectivity index (χ0) is 7.98. The number of hydrazine groups is 1. The van der Waals surface area contributed by atoms with Crippen molar-refractivity contribution in [3.8, 4) is 0 Å². The molecular weight excluding hydrogens is 130 g/mol. The van der Waals surface area contributed by atoms with Crippen LogP contribution < -0.4 is 10.7 Å². The van der Waals surface area contributed by atoms with E-state index in [9.17, 15) is 4.79 Å². The average Bonchev–Trinajstić information content (AvgIpc) is 1.82. The van der Waals surface area contributed by atoms with Crippen molar-refractivity contribution in [2.24, 2.45) is 0 Å². The normalized spacial score (nSPS) is 10.0. The molecule has 0 aromatic heterocycles. The fraction of sp³-hybridized carbons (Fsp3) is 0.833. The maximum atomic E-state index is 10.8. The van der Waals surface area contributed by atoms with Crippen LogP contribution in [-0.2, 0) is 4.79 Å². The Morgan fingerprint density at radius 1 is 1.50 bits per heavy atom. The molecule has 4 heteroatoms. The van der Waals surface area contributed by atoms with E-state index in [1.54, 1.807) is 19.1 Å². The number of hydrogen-bond acceptors (Lipinski definition) is 3. The van der Waals surface area contributed by atoms with Gasteiger partial charge in [-0.05, 0) is 6.54 Å². The molecule has 1 amide bonds. The van der Waals surface area contributed by atoms with Gasteiger partial charge in [0.05, 0.1) is 6.54 Å². The summed E-state index contributed by atoms with van der Waals surface area (Å²) < 4.78 is 0. The molecule has 0 aromatic rings. The van der Waals surface area contributed by atoms with E-state index < -0.39 is 0 Å². The largest absolute Gasteiger partial charge is 0.309 e. The van der Waals surface area contributed by atoms with Crippen LogP contribution in [0.4, 0.5) is 0 Å². The Kier molecular flexibility index (Phi) is 4.88. The van der Waals surface area contributed by atoms with Crippen molar-refractivity contribution in [2.45, 2.75) is 6.92 Å². The van der Waals surface area contributed by atoms with Gasteiger partial charge in [0.15, 0.2) is 0 Å². The third-order valence-electron chi connectivity index (χ3n) is 0.884. The molecule has 0 aromatic carbocycles. The molecule has 0 spiro atoms. The first kappa shape index (κ1) is 9.39. The zero-order valence-corrected chi connectivity index (χ0v) is 6.77. The van der Waals surface area contributed by atoms with Crippen LogP contribution in [-0.4, -0.2) is 38.1 Å². The van der Waals surface area contributed by atoms with E-state index in [0.717, 1.165) is 6.54 Å². The summed E-state index contributed by atoms with van der Waals surface area (Å²) in [5.74, 6) is -0.00755. The minimum Gasteiger partial charge on any atom is -0.309 e. The molecule has 0 saturated carbocycles. The first-order valence-corrected chi connectivity index (χ1v) is 3.34. The van der Waals surface area contributed by atoms with Crippen molar-refractivity contribution in [2.75, 3.05) is 27.2 Å². The van der Waals surface area contributed by atoms with Gasteiger partial charge in [-0.25, -0.2) is 5.01 Å². The maximum Gasteiger partial charge on any atom is 0.248 e. The van der Waals surface area contributed by atoms with Crippen LogP contribution in [0, 0.1) is 0 Å². The smallest absolute Gasteiger partial charge is 0.248 e. The van der Waals surface area contributed by atoms with Crippen LogP contribution in [0.1, 0.15) is 6.92 Å². The lowest BCUT2D eigenvalue weighted by Gasteiger charge is -2.11. The summed E-state index contributed by atoms with van der Waals surface area (Å²) in [4.78, 5) is 10.8. The summed E-state index contributed by atoms with van der Waals surface area (Å²) in [6.07, 6.45) is 0. The van der Waals surface area contributed by atoms with Crippen molar-refractivity contribution in [3.63, 3.8) is 0 Å². The van der Waals surface area contributed by atoms with Crippen LogP contribution in [0.5, 0.6) is 0 Å². The Labute approximate surface area is 61.6 Å². The van der Waals surface area contributed by atoms with E-state index in [0.29, 0.717) is 6.54 Å². The number of hydrogen-bond donors (Lipinski definition) is 2. The molecule has 0 heterocycles. The maximum absolute atomic E-state index is 10.8. The monoisotopic (exact) mass is 145 g/mol. The van der Waals surface area contributed by atoms with Gasteiger partial charge in [0, 0.05) is 14.1 Å². The van der Waals surface area contributed by atoms with E-state index >= 15 is 0 Å². The third-order valence-corrected chi connectivity index (χ3v) is 0.884. The highest BCUT2D eigenvalue weighted by Gasteiger charge is 1.97. The number of nitrogens with zero attached hydrogens (tertiary/aromatic N) is 1. The lowest BCUT2D eigenvalue weighted by atomic mass is 10.6. The SMILES string of the molecule is CCNCC(=O)NN(C)C. The molecule has 0 saturated heterocycles. The van der Waals surface area contributed by atoms with Gasteiger partial charge in [-0.1, -0.05) is 6.92 Å². The molecule has 4 nitrogen and oxygen atoms in total. The number of rotatable bonds is 4. The molecule has 0 radical (unpaired) electrons. The Morgan fingerprint density at radius 2 is 2.10 bits per heavy atom. The van der Waals surface area contributed by atoms with Crippen molar-refractivity contribution < 1.29 is 4.79 Å². The first-order chi connectivity index (χ1) is 4.66. The molecule has 0 aliphatic heterocycles. The minimum absolute atomic E-state index is 0.00755. The van der Waals surface area contributed by atoms with E-state index in [2.05, 4.69) is 10.7 Å². The summed E-state index contributed by atoms with van der Waals surface area (Å²) in [5, 5.41) is 4.54. The molecule has 2 N–H and O–H groups in total. The van der Waals surface area contributed by atoms with Gasteiger partial charge in [0.1, 0.15) is 0 Å². The summed E-state index contributed by atoms with van der Waals surface area (Å²) in [7, 11) is 3.56. The van der Waals surface area contributed by atoms with Crippen molar-refractivity contribution in [1.29, 1.82) is 0 Å². The standard InChI is InChI=1S/C6H15N3O/c1-4-7-5-6(10)8-9(2)3/h7H,4-5H2,1-3H3,(H,8,10). The minimum atomic E-state index is -0.00755. The molecule has 60 valence electrons. The van der Waals surface area contributed by atoms with Crippen LogP contribution in [0.2, 0.25) is 0 Å². The zero-order valence-electron chi connectivity index (χ0n) is 6.77. The molecule has 0 bridgehead atoms. The highest BCUT2D eigenvalue weighted by Crippen LogP contribution is 1.65. The van der Waals surface area contributed by atoms with Gasteiger partial charge in [0.25, 0.3) is 0 Å². The summed E-state index contributed by atoms with van der Waals surface area (Å²) in [6.45, 7) is 3.17. The highest BCUT2D eigenvalue weighted by atomic mass is 16.2. The fourth-order valence-corrected chi connectivity index (χ4v) is 0.527. The van der Waals surface area contributed by atoms with Gasteiger partial charge in [-0.2, -0.15) is 0 Å². The molecule has 0 atom stereocenters. The lowest BCUT2D eigenvalue weighted by molar-refractivity contribution is -0.123. The first-order valence-electron chi connectivity index (χ1n) is 3.34. The van der Waals surface area contributed by atoms with Crippen LogP contribution in [0.15, 0.2) is 0 Å². The van der Waals surface area contributed by atoms with Gasteiger partial charge in [0.2, 0.25) is 5.91 Å². The Hall–Kier alpha value is -0.610. The Balaban J connectivity index is 3.26. The molecule has 10 heavy (non-hydrogen) atoms. The predicted molar refractivity (Wildman–Crippen MR) is 40.4 cm³/mol. The van der Waals surface area contributed by atoms with E-state index in [1.165, 1.54) is 0 Å². The molecule has 0 fully saturated rings. The van der Waals surface area contributed by atoms with E-state index in [-0.39, 0.29) is 5.91 Å². The van der Waals surface area contributed by atoms with Gasteiger partial charge >= 0.3 is 0 Å². The second-order valence-electron chi connectivity index (χ2n) is 2.21. The Morgan fingerprint density at radius 3 is 2.50 bits per heavy atom. The summed E-state index contributed by atoms with van der Waals surface area (Å²) in [6, 6.07) is 0. The van der Waals surface area contributed by atoms with Gasteiger partial charge in [-0.3, -0.25) is 10.2 Å². The second kappa shape index (κ2) is 5.20. The van der Waals surface area contributed by atoms with Crippen molar-refractivity contribution in [3.05, 3.63) is 0 Å². The number of nitrogens with one attached hydrogen (secondary N) is 2. The summed E-state index contributed by atoms with van der Waals surface area (Å²) in [5.41, 5.74) is 2.61. The number of likely N-dealkylation sites (N-methyl/N-ethyl adjacent to an activating group) is 1. The number of carbonyl (C=O) groups is 1. The molecule has 0 rings (SSSR count). The van der Waals surface area contributed by atoms with Crippen molar-refractivity contribution in [1.82, 2.24) is 15.8 Å². The number of amides is 1. The van der Waals surface area contributed by atoms with Crippen molar-refractivity contribution >= 4 is 5.91 Å². The predicted octanol–water partition coefficient (Wildman–Crippen LogP) is -0.811. The molecule has 0 aliphatic rings. The molecular formula is C6H15N3O. The fourth-order valence-electron chi connectivity index (χ4n) is 0.527. The van der Waals surface area contributed by atoms with E-state index in [1.807, 2.05) is 6.92 Å². The summed E-state index contributed by atoms with van der Waals surface area (Å²) >= 11 is 0. The molecule has 0 unspecified atom stereocenters. The van der Waals surface area contributed by atoms with Crippen LogP contribution in [0.3, 0.4) is 0 Å². The molecule has 0 aliphatic carbocycles.